The van der Waals surface area contributed by atoms with Gasteiger partial charge in [-0.3, -0.25) is 4.79 Å². The maximum Gasteiger partial charge on any atom is 0.241 e. The molecule has 0 aromatic heterocycles. The molecule has 0 radical (unpaired) electrons. The lowest BCUT2D eigenvalue weighted by molar-refractivity contribution is -0.121. The van der Waals surface area contributed by atoms with Crippen LogP contribution in [-0.4, -0.2) is 36.7 Å². The zero-order valence-corrected chi connectivity index (χ0v) is 12.3. The molecule has 0 bridgehead atoms. The van der Waals surface area contributed by atoms with Crippen LogP contribution < -0.4 is 5.43 Å². The molecule has 1 fully saturated rings. The van der Waals surface area contributed by atoms with Gasteiger partial charge in [0, 0.05) is 18.0 Å². The molecule has 5 heteroatoms. The van der Waals surface area contributed by atoms with Crippen molar-refractivity contribution in [3.63, 3.8) is 0 Å². The van der Waals surface area contributed by atoms with Crippen molar-refractivity contribution in [2.24, 2.45) is 5.10 Å². The molecule has 0 atom stereocenters. The summed E-state index contributed by atoms with van der Waals surface area (Å²) in [6.45, 7) is 3.04. The lowest BCUT2D eigenvalue weighted by Crippen LogP contribution is -2.33. The highest BCUT2D eigenvalue weighted by molar-refractivity contribution is 6.30. The van der Waals surface area contributed by atoms with Gasteiger partial charge in [0.25, 0.3) is 0 Å². The third kappa shape index (κ3) is 5.31. The van der Waals surface area contributed by atoms with Crippen LogP contribution in [0.15, 0.2) is 29.4 Å². The standard InChI is InChI=1S/C15H20ClN3O/c16-14-6-4-5-13(11-14)12-17-18-15(20)7-10-19-8-2-1-3-9-19/h4-6,11-12H,1-3,7-10H2,(H,18,20)/b17-12+. The van der Waals surface area contributed by atoms with E-state index < -0.39 is 0 Å². The smallest absolute Gasteiger partial charge is 0.241 e. The van der Waals surface area contributed by atoms with Crippen LogP contribution in [0.4, 0.5) is 0 Å². The van der Waals surface area contributed by atoms with Crippen LogP contribution in [0.5, 0.6) is 0 Å². The van der Waals surface area contributed by atoms with Crippen molar-refractivity contribution in [1.29, 1.82) is 0 Å². The molecule has 20 heavy (non-hydrogen) atoms. The van der Waals surface area contributed by atoms with Gasteiger partial charge >= 0.3 is 0 Å². The third-order valence-electron chi connectivity index (χ3n) is 3.36. The van der Waals surface area contributed by atoms with Gasteiger partial charge in [-0.25, -0.2) is 5.43 Å². The monoisotopic (exact) mass is 293 g/mol. The molecule has 1 saturated heterocycles. The van der Waals surface area contributed by atoms with Crippen LogP contribution in [0.2, 0.25) is 5.02 Å². The number of benzene rings is 1. The van der Waals surface area contributed by atoms with Gasteiger partial charge in [-0.2, -0.15) is 5.10 Å². The molecule has 0 spiro atoms. The number of hydrazone groups is 1. The van der Waals surface area contributed by atoms with E-state index in [1.165, 1.54) is 19.3 Å². The molecule has 1 aromatic rings. The van der Waals surface area contributed by atoms with Crippen molar-refractivity contribution in [2.75, 3.05) is 19.6 Å². The lowest BCUT2D eigenvalue weighted by atomic mass is 10.1. The van der Waals surface area contributed by atoms with E-state index >= 15 is 0 Å². The minimum atomic E-state index is -0.0474. The molecule has 1 aromatic carbocycles. The van der Waals surface area contributed by atoms with Crippen LogP contribution in [0.3, 0.4) is 0 Å². The summed E-state index contributed by atoms with van der Waals surface area (Å²) in [6.07, 6.45) is 5.90. The number of carbonyl (C=O) groups excluding carboxylic acids is 1. The second-order valence-electron chi connectivity index (χ2n) is 5.00. The van der Waals surface area contributed by atoms with Gasteiger partial charge in [0.2, 0.25) is 5.91 Å². The maximum atomic E-state index is 11.7. The molecule has 1 aliphatic rings. The summed E-state index contributed by atoms with van der Waals surface area (Å²) in [6, 6.07) is 7.33. The number of nitrogens with one attached hydrogen (secondary N) is 1. The Morgan fingerprint density at radius 3 is 2.90 bits per heavy atom. The molecule has 0 unspecified atom stereocenters. The number of amides is 1. The maximum absolute atomic E-state index is 11.7. The Morgan fingerprint density at radius 1 is 1.35 bits per heavy atom. The second-order valence-corrected chi connectivity index (χ2v) is 5.44. The summed E-state index contributed by atoms with van der Waals surface area (Å²) >= 11 is 5.87. The van der Waals surface area contributed by atoms with Gasteiger partial charge in [-0.15, -0.1) is 0 Å². The number of piperidine rings is 1. The number of halogens is 1. The van der Waals surface area contributed by atoms with Gasteiger partial charge in [0.15, 0.2) is 0 Å². The van der Waals surface area contributed by atoms with Crippen molar-refractivity contribution in [3.8, 4) is 0 Å². The average Bonchev–Trinajstić information content (AvgIpc) is 2.46. The highest BCUT2D eigenvalue weighted by Gasteiger charge is 2.11. The van der Waals surface area contributed by atoms with E-state index in [1.54, 1.807) is 18.3 Å². The summed E-state index contributed by atoms with van der Waals surface area (Å²) in [5, 5.41) is 4.60. The zero-order valence-electron chi connectivity index (χ0n) is 11.5. The number of nitrogens with zero attached hydrogens (tertiary/aromatic N) is 2. The normalized spacial score (nSPS) is 16.4. The van der Waals surface area contributed by atoms with Gasteiger partial charge in [-0.05, 0) is 43.6 Å². The van der Waals surface area contributed by atoms with Gasteiger partial charge in [0.1, 0.15) is 0 Å². The Kier molecular flexibility index (Phi) is 6.02. The predicted octanol–water partition coefficient (Wildman–Crippen LogP) is 2.67. The summed E-state index contributed by atoms with van der Waals surface area (Å²) in [7, 11) is 0. The van der Waals surface area contributed by atoms with E-state index in [-0.39, 0.29) is 5.91 Å². The van der Waals surface area contributed by atoms with E-state index in [1.807, 2.05) is 12.1 Å². The quantitative estimate of drug-likeness (QED) is 0.670. The Balaban J connectivity index is 1.69. The molecule has 0 aliphatic carbocycles. The van der Waals surface area contributed by atoms with Crippen LogP contribution in [0.1, 0.15) is 31.2 Å². The molecule has 1 N–H and O–H groups in total. The van der Waals surface area contributed by atoms with Crippen LogP contribution in [-0.2, 0) is 4.79 Å². The van der Waals surface area contributed by atoms with E-state index in [9.17, 15) is 4.79 Å². The van der Waals surface area contributed by atoms with Crippen molar-refractivity contribution >= 4 is 23.7 Å². The fourth-order valence-electron chi connectivity index (χ4n) is 2.26. The lowest BCUT2D eigenvalue weighted by Gasteiger charge is -2.25. The minimum Gasteiger partial charge on any atom is -0.303 e. The SMILES string of the molecule is O=C(CCN1CCCCC1)N/N=C/c1cccc(Cl)c1. The highest BCUT2D eigenvalue weighted by Crippen LogP contribution is 2.09. The van der Waals surface area contributed by atoms with Gasteiger partial charge < -0.3 is 4.90 Å². The number of carbonyl (C=O) groups is 1. The first-order chi connectivity index (χ1) is 9.74. The van der Waals surface area contributed by atoms with Crippen molar-refractivity contribution in [3.05, 3.63) is 34.9 Å². The Labute approximate surface area is 124 Å². The van der Waals surface area contributed by atoms with E-state index in [0.717, 1.165) is 25.2 Å². The predicted molar refractivity (Wildman–Crippen MR) is 82.1 cm³/mol. The number of hydrogen-bond acceptors (Lipinski definition) is 3. The Bertz CT molecular complexity index is 470. The first kappa shape index (κ1) is 15.0. The van der Waals surface area contributed by atoms with Crippen molar-refractivity contribution in [2.45, 2.75) is 25.7 Å². The molecule has 4 nitrogen and oxygen atoms in total. The molecule has 1 aliphatic heterocycles. The molecule has 108 valence electrons. The van der Waals surface area contributed by atoms with E-state index in [4.69, 9.17) is 11.6 Å². The molecule has 0 saturated carbocycles. The third-order valence-corrected chi connectivity index (χ3v) is 3.59. The zero-order chi connectivity index (χ0) is 14.2. The first-order valence-corrected chi connectivity index (χ1v) is 7.42. The Morgan fingerprint density at radius 2 is 2.15 bits per heavy atom. The minimum absolute atomic E-state index is 0.0474. The molecule has 2 rings (SSSR count). The average molecular weight is 294 g/mol. The summed E-state index contributed by atoms with van der Waals surface area (Å²) in [5.41, 5.74) is 3.42. The summed E-state index contributed by atoms with van der Waals surface area (Å²) in [4.78, 5) is 14.0. The fraction of sp³-hybridized carbons (Fsp3) is 0.467. The first-order valence-electron chi connectivity index (χ1n) is 7.04. The highest BCUT2D eigenvalue weighted by atomic mass is 35.5. The second kappa shape index (κ2) is 8.02. The van der Waals surface area contributed by atoms with Crippen LogP contribution in [0, 0.1) is 0 Å². The van der Waals surface area contributed by atoms with Crippen LogP contribution >= 0.6 is 11.6 Å². The molecular weight excluding hydrogens is 274 g/mol. The van der Waals surface area contributed by atoms with Crippen LogP contribution in [0.25, 0.3) is 0 Å². The topological polar surface area (TPSA) is 44.7 Å². The number of hydrogen-bond donors (Lipinski definition) is 1. The van der Waals surface area contributed by atoms with Gasteiger partial charge in [0.05, 0.1) is 6.21 Å². The molecule has 1 amide bonds. The van der Waals surface area contributed by atoms with Crippen molar-refractivity contribution < 1.29 is 4.79 Å². The van der Waals surface area contributed by atoms with E-state index in [2.05, 4.69) is 15.4 Å². The molecular formula is C15H20ClN3O. The number of rotatable bonds is 5. The number of likely N-dealkylation sites (tertiary alicyclic amines) is 1. The van der Waals surface area contributed by atoms with E-state index in [0.29, 0.717) is 11.4 Å². The van der Waals surface area contributed by atoms with Crippen molar-refractivity contribution in [1.82, 2.24) is 10.3 Å². The van der Waals surface area contributed by atoms with Gasteiger partial charge in [-0.1, -0.05) is 30.2 Å². The summed E-state index contributed by atoms with van der Waals surface area (Å²) in [5.74, 6) is -0.0474. The fourth-order valence-corrected chi connectivity index (χ4v) is 2.46. The largest absolute Gasteiger partial charge is 0.303 e. The molecule has 1 heterocycles. The summed E-state index contributed by atoms with van der Waals surface area (Å²) < 4.78 is 0. The Hall–Kier alpha value is -1.39.